The molecular weight excluding hydrogens is 246 g/mol. The van der Waals surface area contributed by atoms with E-state index in [1.807, 2.05) is 6.07 Å². The minimum atomic E-state index is -0.562. The van der Waals surface area contributed by atoms with Crippen LogP contribution >= 0.6 is 0 Å². The molecule has 0 fully saturated rings. The average molecular weight is 261 g/mol. The standard InChI is InChI=1S/C13H15N3O3/c1-9(2)15(8-7-14)13(17)11-6-4-5-10(3)12(11)16(18)19/h4-6,9H,8H2,1-3H3. The van der Waals surface area contributed by atoms with Crippen molar-refractivity contribution in [2.24, 2.45) is 0 Å². The van der Waals surface area contributed by atoms with Crippen LogP contribution in [0, 0.1) is 28.4 Å². The molecule has 1 amide bonds. The van der Waals surface area contributed by atoms with E-state index < -0.39 is 10.8 Å². The smallest absolute Gasteiger partial charge is 0.285 e. The van der Waals surface area contributed by atoms with E-state index in [1.165, 1.54) is 11.0 Å². The Morgan fingerprint density at radius 3 is 2.63 bits per heavy atom. The van der Waals surface area contributed by atoms with E-state index in [4.69, 9.17) is 5.26 Å². The number of hydrogen-bond donors (Lipinski definition) is 0. The highest BCUT2D eigenvalue weighted by atomic mass is 16.6. The number of carbonyl (C=O) groups is 1. The van der Waals surface area contributed by atoms with Crippen LogP contribution in [-0.2, 0) is 0 Å². The molecule has 1 aromatic rings. The van der Waals surface area contributed by atoms with Crippen LogP contribution < -0.4 is 0 Å². The molecule has 0 aliphatic rings. The second-order valence-electron chi connectivity index (χ2n) is 4.41. The molecule has 1 aromatic carbocycles. The fraction of sp³-hybridized carbons (Fsp3) is 0.385. The third-order valence-corrected chi connectivity index (χ3v) is 2.78. The summed E-state index contributed by atoms with van der Waals surface area (Å²) in [6, 6.07) is 6.29. The third-order valence-electron chi connectivity index (χ3n) is 2.78. The molecule has 0 N–H and O–H groups in total. The van der Waals surface area contributed by atoms with Gasteiger partial charge in [-0.2, -0.15) is 5.26 Å². The number of rotatable bonds is 4. The molecule has 0 unspecified atom stereocenters. The lowest BCUT2D eigenvalue weighted by atomic mass is 10.1. The Bertz CT molecular complexity index is 547. The van der Waals surface area contributed by atoms with Gasteiger partial charge in [-0.05, 0) is 26.8 Å². The van der Waals surface area contributed by atoms with Crippen molar-refractivity contribution in [1.82, 2.24) is 4.90 Å². The SMILES string of the molecule is Cc1cccc(C(=O)N(CC#N)C(C)C)c1[N+](=O)[O-]. The van der Waals surface area contributed by atoms with Crippen LogP contribution in [0.5, 0.6) is 0 Å². The number of aryl methyl sites for hydroxylation is 1. The number of benzene rings is 1. The predicted octanol–water partition coefficient (Wildman–Crippen LogP) is 2.28. The molecule has 0 saturated heterocycles. The largest absolute Gasteiger partial charge is 0.323 e. The van der Waals surface area contributed by atoms with Crippen molar-refractivity contribution in [3.63, 3.8) is 0 Å². The lowest BCUT2D eigenvalue weighted by Crippen LogP contribution is -2.37. The molecule has 6 heteroatoms. The van der Waals surface area contributed by atoms with E-state index in [9.17, 15) is 14.9 Å². The van der Waals surface area contributed by atoms with E-state index in [0.29, 0.717) is 5.56 Å². The Balaban J connectivity index is 3.30. The van der Waals surface area contributed by atoms with Crippen molar-refractivity contribution in [2.45, 2.75) is 26.8 Å². The molecule has 6 nitrogen and oxygen atoms in total. The van der Waals surface area contributed by atoms with Gasteiger partial charge in [-0.3, -0.25) is 14.9 Å². The lowest BCUT2D eigenvalue weighted by molar-refractivity contribution is -0.385. The molecule has 1 rings (SSSR count). The topological polar surface area (TPSA) is 87.2 Å². The molecule has 0 aliphatic heterocycles. The number of carbonyl (C=O) groups excluding carboxylic acids is 1. The molecular formula is C13H15N3O3. The highest BCUT2D eigenvalue weighted by Gasteiger charge is 2.27. The van der Waals surface area contributed by atoms with Crippen LogP contribution in [0.1, 0.15) is 29.8 Å². The number of amides is 1. The summed E-state index contributed by atoms with van der Waals surface area (Å²) in [5.74, 6) is -0.494. The molecule has 0 spiro atoms. The fourth-order valence-electron chi connectivity index (χ4n) is 1.79. The van der Waals surface area contributed by atoms with Crippen molar-refractivity contribution in [3.05, 3.63) is 39.4 Å². The zero-order valence-corrected chi connectivity index (χ0v) is 11.1. The molecule has 0 atom stereocenters. The normalized spacial score (nSPS) is 10.1. The van der Waals surface area contributed by atoms with Gasteiger partial charge in [-0.15, -0.1) is 0 Å². The van der Waals surface area contributed by atoms with E-state index in [2.05, 4.69) is 0 Å². The summed E-state index contributed by atoms with van der Waals surface area (Å²) in [4.78, 5) is 24.1. The summed E-state index contributed by atoms with van der Waals surface area (Å²) in [6.07, 6.45) is 0. The van der Waals surface area contributed by atoms with E-state index in [0.717, 1.165) is 0 Å². The Labute approximate surface area is 111 Å². The molecule has 0 aliphatic carbocycles. The van der Waals surface area contributed by atoms with Gasteiger partial charge >= 0.3 is 0 Å². The number of nitriles is 1. The Morgan fingerprint density at radius 2 is 2.16 bits per heavy atom. The number of nitro benzene ring substituents is 1. The number of hydrogen-bond acceptors (Lipinski definition) is 4. The maximum atomic E-state index is 12.3. The van der Waals surface area contributed by atoms with Gasteiger partial charge in [0.2, 0.25) is 0 Å². The maximum absolute atomic E-state index is 12.3. The lowest BCUT2D eigenvalue weighted by Gasteiger charge is -2.23. The summed E-state index contributed by atoms with van der Waals surface area (Å²) >= 11 is 0. The second-order valence-corrected chi connectivity index (χ2v) is 4.41. The minimum absolute atomic E-state index is 0.0222. The van der Waals surface area contributed by atoms with Crippen LogP contribution in [0.15, 0.2) is 18.2 Å². The quantitative estimate of drug-likeness (QED) is 0.472. The van der Waals surface area contributed by atoms with E-state index in [1.54, 1.807) is 32.9 Å². The van der Waals surface area contributed by atoms with Crippen LogP contribution in [0.25, 0.3) is 0 Å². The van der Waals surface area contributed by atoms with Crippen LogP contribution in [-0.4, -0.2) is 28.3 Å². The molecule has 0 radical (unpaired) electrons. The number of para-hydroxylation sites is 1. The first kappa shape index (κ1) is 14.6. The summed E-state index contributed by atoms with van der Waals surface area (Å²) in [5, 5.41) is 19.8. The van der Waals surface area contributed by atoms with Crippen molar-refractivity contribution < 1.29 is 9.72 Å². The predicted molar refractivity (Wildman–Crippen MR) is 69.6 cm³/mol. The highest BCUT2D eigenvalue weighted by molar-refractivity contribution is 5.99. The summed E-state index contributed by atoms with van der Waals surface area (Å²) in [5.41, 5.74) is 0.251. The molecule has 0 bridgehead atoms. The second kappa shape index (κ2) is 5.96. The molecule has 0 aromatic heterocycles. The van der Waals surface area contributed by atoms with Gasteiger partial charge in [0.05, 0.1) is 11.0 Å². The van der Waals surface area contributed by atoms with Gasteiger partial charge in [-0.1, -0.05) is 12.1 Å². The monoisotopic (exact) mass is 261 g/mol. The molecule has 0 saturated carbocycles. The van der Waals surface area contributed by atoms with Crippen molar-refractivity contribution in [3.8, 4) is 6.07 Å². The average Bonchev–Trinajstić information content (AvgIpc) is 2.33. The summed E-state index contributed by atoms with van der Waals surface area (Å²) in [6.45, 7) is 5.01. The zero-order valence-electron chi connectivity index (χ0n) is 11.1. The summed E-state index contributed by atoms with van der Waals surface area (Å²) < 4.78 is 0. The van der Waals surface area contributed by atoms with Gasteiger partial charge in [0.25, 0.3) is 11.6 Å². The first-order valence-electron chi connectivity index (χ1n) is 5.82. The molecule has 19 heavy (non-hydrogen) atoms. The summed E-state index contributed by atoms with van der Waals surface area (Å²) in [7, 11) is 0. The van der Waals surface area contributed by atoms with Crippen molar-refractivity contribution in [2.75, 3.05) is 6.54 Å². The minimum Gasteiger partial charge on any atom is -0.323 e. The van der Waals surface area contributed by atoms with Crippen LogP contribution in [0.2, 0.25) is 0 Å². The van der Waals surface area contributed by atoms with Gasteiger partial charge in [0.15, 0.2) is 0 Å². The van der Waals surface area contributed by atoms with Gasteiger partial charge < -0.3 is 4.90 Å². The number of nitrogens with zero attached hydrogens (tertiary/aromatic N) is 3. The first-order valence-corrected chi connectivity index (χ1v) is 5.82. The van der Waals surface area contributed by atoms with Gasteiger partial charge in [0, 0.05) is 11.6 Å². The van der Waals surface area contributed by atoms with Crippen molar-refractivity contribution in [1.29, 1.82) is 5.26 Å². The Kier molecular flexibility index (Phi) is 4.59. The Morgan fingerprint density at radius 1 is 1.53 bits per heavy atom. The maximum Gasteiger partial charge on any atom is 0.285 e. The highest BCUT2D eigenvalue weighted by Crippen LogP contribution is 2.24. The zero-order chi connectivity index (χ0) is 14.6. The van der Waals surface area contributed by atoms with E-state index in [-0.39, 0.29) is 23.8 Å². The Hall–Kier alpha value is -2.42. The van der Waals surface area contributed by atoms with E-state index >= 15 is 0 Å². The van der Waals surface area contributed by atoms with Gasteiger partial charge in [-0.25, -0.2) is 0 Å². The van der Waals surface area contributed by atoms with Crippen LogP contribution in [0.4, 0.5) is 5.69 Å². The number of nitro groups is 1. The molecule has 100 valence electrons. The van der Waals surface area contributed by atoms with Crippen molar-refractivity contribution >= 4 is 11.6 Å². The first-order chi connectivity index (χ1) is 8.90. The molecule has 0 heterocycles. The van der Waals surface area contributed by atoms with Gasteiger partial charge in [0.1, 0.15) is 12.1 Å². The van der Waals surface area contributed by atoms with Crippen LogP contribution in [0.3, 0.4) is 0 Å². The third kappa shape index (κ3) is 3.07. The fourth-order valence-corrected chi connectivity index (χ4v) is 1.79.